The zero-order valence-electron chi connectivity index (χ0n) is 22.7. The molecular formula is C29H46N2O6S. The molecule has 38 heavy (non-hydrogen) atoms. The third kappa shape index (κ3) is 13.1. The number of hydrogen-bond acceptors (Lipinski definition) is 7. The van der Waals surface area contributed by atoms with Crippen molar-refractivity contribution < 1.29 is 28.5 Å². The summed E-state index contributed by atoms with van der Waals surface area (Å²) in [5.41, 5.74) is 3.15. The van der Waals surface area contributed by atoms with Crippen molar-refractivity contribution in [2.24, 2.45) is 0 Å². The van der Waals surface area contributed by atoms with Gasteiger partial charge in [-0.15, -0.1) is 0 Å². The lowest BCUT2D eigenvalue weighted by molar-refractivity contribution is 0.127. The monoisotopic (exact) mass is 550 g/mol. The van der Waals surface area contributed by atoms with Crippen molar-refractivity contribution in [3.05, 3.63) is 59.2 Å². The Morgan fingerprint density at radius 3 is 2.39 bits per heavy atom. The number of nitrogens with one attached hydrogen (secondary N) is 2. The minimum Gasteiger partial charge on any atom is -0.508 e. The van der Waals surface area contributed by atoms with Gasteiger partial charge in [0.15, 0.2) is 0 Å². The zero-order valence-corrected chi connectivity index (χ0v) is 23.5. The highest BCUT2D eigenvalue weighted by Gasteiger charge is 2.11. The lowest BCUT2D eigenvalue weighted by atomic mass is 10.0. The number of hydrogen-bond donors (Lipinski definition) is 5. The highest BCUT2D eigenvalue weighted by Crippen LogP contribution is 2.22. The summed E-state index contributed by atoms with van der Waals surface area (Å²) in [5.74, 6) is 0.295. The molecule has 0 aromatic heterocycles. The lowest BCUT2D eigenvalue weighted by Crippen LogP contribution is -2.22. The van der Waals surface area contributed by atoms with Crippen LogP contribution in [0.5, 0.6) is 5.75 Å². The van der Waals surface area contributed by atoms with Gasteiger partial charge < -0.3 is 25.4 Å². The van der Waals surface area contributed by atoms with Crippen LogP contribution < -0.4 is 10.0 Å². The Balaban J connectivity index is 1.46. The quantitative estimate of drug-likeness (QED) is 0.147. The van der Waals surface area contributed by atoms with Gasteiger partial charge in [-0.3, -0.25) is 4.72 Å². The van der Waals surface area contributed by atoms with E-state index in [1.54, 1.807) is 18.2 Å². The molecule has 8 nitrogen and oxygen atoms in total. The van der Waals surface area contributed by atoms with Crippen LogP contribution in [0.1, 0.15) is 74.7 Å². The molecule has 0 saturated carbocycles. The number of sulfonamides is 1. The number of unbranched alkanes of at least 4 members (excludes halogenated alkanes) is 4. The Hall–Kier alpha value is -2.17. The molecule has 2 aromatic rings. The van der Waals surface area contributed by atoms with Gasteiger partial charge in [-0.25, -0.2) is 8.42 Å². The molecule has 214 valence electrons. The summed E-state index contributed by atoms with van der Waals surface area (Å²) >= 11 is 0. The van der Waals surface area contributed by atoms with Crippen molar-refractivity contribution >= 4 is 15.7 Å². The molecule has 1 unspecified atom stereocenters. The van der Waals surface area contributed by atoms with Crippen LogP contribution in [0, 0.1) is 0 Å². The Morgan fingerprint density at radius 1 is 0.921 bits per heavy atom. The number of rotatable bonds is 21. The number of anilines is 1. The normalized spacial score (nSPS) is 12.5. The van der Waals surface area contributed by atoms with Crippen molar-refractivity contribution in [3.63, 3.8) is 0 Å². The summed E-state index contributed by atoms with van der Waals surface area (Å²) in [6.07, 6.45) is 7.30. The van der Waals surface area contributed by atoms with Gasteiger partial charge in [0.25, 0.3) is 0 Å². The number of aliphatic hydroxyl groups is 2. The van der Waals surface area contributed by atoms with Crippen molar-refractivity contribution in [2.45, 2.75) is 70.8 Å². The largest absolute Gasteiger partial charge is 0.508 e. The van der Waals surface area contributed by atoms with Crippen LogP contribution in [0.2, 0.25) is 0 Å². The van der Waals surface area contributed by atoms with E-state index in [9.17, 15) is 18.6 Å². The number of aromatic hydroxyl groups is 1. The first-order valence-corrected chi connectivity index (χ1v) is 15.5. The second-order valence-electron chi connectivity index (χ2n) is 9.68. The molecule has 0 saturated heterocycles. The van der Waals surface area contributed by atoms with E-state index >= 15 is 0 Å². The van der Waals surface area contributed by atoms with Crippen LogP contribution in [-0.2, 0) is 27.6 Å². The molecular weight excluding hydrogens is 504 g/mol. The molecule has 0 aliphatic rings. The Bertz CT molecular complexity index is 1010. The van der Waals surface area contributed by atoms with Gasteiger partial charge in [-0.2, -0.15) is 0 Å². The molecule has 5 N–H and O–H groups in total. The standard InChI is InChI=1S/C29H46N2O6S/c1-2-3-21-38(35,36)31-27-13-10-24(11-14-27)9-8-20-37-19-7-5-4-6-17-30-23-29(34)25-12-15-28(33)26(22-25)16-18-32/h10-15,22,29-34H,2-9,16-21,23H2,1H3. The molecule has 0 heterocycles. The zero-order chi connectivity index (χ0) is 27.6. The van der Waals surface area contributed by atoms with E-state index in [2.05, 4.69) is 10.0 Å². The fraction of sp³-hybridized carbons (Fsp3) is 0.586. The predicted octanol–water partition coefficient (Wildman–Crippen LogP) is 4.30. The molecule has 0 radical (unpaired) electrons. The fourth-order valence-corrected chi connectivity index (χ4v) is 5.35. The van der Waals surface area contributed by atoms with E-state index in [-0.39, 0.29) is 18.1 Å². The molecule has 9 heteroatoms. The summed E-state index contributed by atoms with van der Waals surface area (Å²) in [5, 5.41) is 32.5. The summed E-state index contributed by atoms with van der Waals surface area (Å²) in [7, 11) is -3.26. The van der Waals surface area contributed by atoms with Gasteiger partial charge in [-0.05, 0) is 86.0 Å². The third-order valence-electron chi connectivity index (χ3n) is 6.35. The smallest absolute Gasteiger partial charge is 0.232 e. The van der Waals surface area contributed by atoms with Crippen LogP contribution in [-0.4, -0.2) is 62.4 Å². The number of aliphatic hydroxyl groups excluding tert-OH is 2. The van der Waals surface area contributed by atoms with Crippen molar-refractivity contribution in [1.82, 2.24) is 5.32 Å². The van der Waals surface area contributed by atoms with Gasteiger partial charge in [0, 0.05) is 32.1 Å². The number of benzene rings is 2. The SMILES string of the molecule is CCCCS(=O)(=O)Nc1ccc(CCCOCCCCCCNCC(O)c2ccc(O)c(CCO)c2)cc1. The summed E-state index contributed by atoms with van der Waals surface area (Å²) < 4.78 is 32.4. The molecule has 1 atom stereocenters. The minimum absolute atomic E-state index is 0.0422. The van der Waals surface area contributed by atoms with E-state index in [4.69, 9.17) is 9.84 Å². The number of aryl methyl sites for hydroxylation is 1. The minimum atomic E-state index is -3.26. The molecule has 2 aromatic carbocycles. The average molecular weight is 551 g/mol. The number of phenolic OH excluding ortho intramolecular Hbond substituents is 1. The van der Waals surface area contributed by atoms with Gasteiger partial charge in [0.2, 0.25) is 10.0 Å². The number of phenols is 1. The van der Waals surface area contributed by atoms with Gasteiger partial charge in [-0.1, -0.05) is 44.4 Å². The maximum Gasteiger partial charge on any atom is 0.232 e. The summed E-state index contributed by atoms with van der Waals surface area (Å²) in [6.45, 7) is 4.67. The second kappa shape index (κ2) is 18.2. The molecule has 0 fully saturated rings. The second-order valence-corrected chi connectivity index (χ2v) is 11.5. The summed E-state index contributed by atoms with van der Waals surface area (Å²) in [4.78, 5) is 0. The highest BCUT2D eigenvalue weighted by atomic mass is 32.2. The van der Waals surface area contributed by atoms with Crippen LogP contribution in [0.4, 0.5) is 5.69 Å². The van der Waals surface area contributed by atoms with E-state index in [0.717, 1.165) is 63.7 Å². The maximum absolute atomic E-state index is 12.0. The van der Waals surface area contributed by atoms with E-state index < -0.39 is 16.1 Å². The molecule has 0 aliphatic carbocycles. The van der Waals surface area contributed by atoms with Crippen molar-refractivity contribution in [1.29, 1.82) is 0 Å². The molecule has 2 rings (SSSR count). The van der Waals surface area contributed by atoms with Crippen LogP contribution in [0.3, 0.4) is 0 Å². The Morgan fingerprint density at radius 2 is 1.66 bits per heavy atom. The van der Waals surface area contributed by atoms with Crippen molar-refractivity contribution in [3.8, 4) is 5.75 Å². The van der Waals surface area contributed by atoms with Crippen LogP contribution in [0.15, 0.2) is 42.5 Å². The predicted molar refractivity (Wildman–Crippen MR) is 153 cm³/mol. The van der Waals surface area contributed by atoms with Crippen LogP contribution in [0.25, 0.3) is 0 Å². The van der Waals surface area contributed by atoms with E-state index in [1.165, 1.54) is 5.56 Å². The topological polar surface area (TPSA) is 128 Å². The van der Waals surface area contributed by atoms with Crippen LogP contribution >= 0.6 is 0 Å². The summed E-state index contributed by atoms with van der Waals surface area (Å²) in [6, 6.07) is 12.6. The lowest BCUT2D eigenvalue weighted by Gasteiger charge is -2.14. The van der Waals surface area contributed by atoms with E-state index in [0.29, 0.717) is 37.2 Å². The molecule has 0 aliphatic heterocycles. The molecule has 0 amide bonds. The van der Waals surface area contributed by atoms with Gasteiger partial charge >= 0.3 is 0 Å². The van der Waals surface area contributed by atoms with Crippen molar-refractivity contribution in [2.75, 3.05) is 43.4 Å². The average Bonchev–Trinajstić information content (AvgIpc) is 2.90. The van der Waals surface area contributed by atoms with Gasteiger partial charge in [0.05, 0.1) is 11.9 Å². The first kappa shape index (κ1) is 32.0. The number of ether oxygens (including phenoxy) is 1. The Labute approximate surface area is 228 Å². The first-order chi connectivity index (χ1) is 18.3. The highest BCUT2D eigenvalue weighted by molar-refractivity contribution is 7.92. The molecule has 0 spiro atoms. The fourth-order valence-electron chi connectivity index (χ4n) is 4.08. The van der Waals surface area contributed by atoms with Gasteiger partial charge in [0.1, 0.15) is 5.75 Å². The third-order valence-corrected chi connectivity index (χ3v) is 7.72. The van der Waals surface area contributed by atoms with E-state index in [1.807, 2.05) is 31.2 Å². The maximum atomic E-state index is 12.0. The molecule has 0 bridgehead atoms. The first-order valence-electron chi connectivity index (χ1n) is 13.8. The Kier molecular flexibility index (Phi) is 15.3.